The van der Waals surface area contributed by atoms with E-state index in [2.05, 4.69) is 17.2 Å². The number of carbonyl (C=O) groups is 2. The predicted molar refractivity (Wildman–Crippen MR) is 78.4 cm³/mol. The second-order valence-corrected chi connectivity index (χ2v) is 6.60. The fraction of sp³-hybridized carbons (Fsp3) is 0.643. The third-order valence-electron chi connectivity index (χ3n) is 3.59. The summed E-state index contributed by atoms with van der Waals surface area (Å²) in [4.78, 5) is 31.5. The van der Waals surface area contributed by atoms with Gasteiger partial charge in [0, 0.05) is 11.1 Å². The topological polar surface area (TPSA) is 62.3 Å². The smallest absolute Gasteiger partial charge is 0.246 e. The molecule has 5 nitrogen and oxygen atoms in total. The van der Waals surface area contributed by atoms with Crippen LogP contribution in [0.25, 0.3) is 0 Å². The van der Waals surface area contributed by atoms with Crippen molar-refractivity contribution in [1.82, 2.24) is 15.2 Å². The van der Waals surface area contributed by atoms with Crippen LogP contribution >= 0.6 is 11.3 Å². The summed E-state index contributed by atoms with van der Waals surface area (Å²) in [6.45, 7) is 8.01. The summed E-state index contributed by atoms with van der Waals surface area (Å²) in [5, 5.41) is 3.67. The lowest BCUT2D eigenvalue weighted by atomic mass is 10.00. The molecule has 0 aromatic carbocycles. The zero-order valence-electron chi connectivity index (χ0n) is 12.3. The molecule has 0 bridgehead atoms. The molecule has 1 fully saturated rings. The van der Waals surface area contributed by atoms with Gasteiger partial charge in [0.15, 0.2) is 0 Å². The van der Waals surface area contributed by atoms with Gasteiger partial charge in [-0.15, -0.1) is 11.3 Å². The number of hydrogen-bond donors (Lipinski definition) is 1. The summed E-state index contributed by atoms with van der Waals surface area (Å²) in [5.74, 6) is -0.0216. The van der Waals surface area contributed by atoms with Crippen LogP contribution in [0.2, 0.25) is 0 Å². The maximum Gasteiger partial charge on any atom is 0.246 e. The van der Waals surface area contributed by atoms with Crippen LogP contribution in [-0.4, -0.2) is 34.3 Å². The maximum atomic E-state index is 12.5. The van der Waals surface area contributed by atoms with Crippen LogP contribution in [-0.2, 0) is 16.0 Å². The van der Waals surface area contributed by atoms with Crippen molar-refractivity contribution in [3.8, 4) is 0 Å². The summed E-state index contributed by atoms with van der Waals surface area (Å²) >= 11 is 1.61. The fourth-order valence-electron chi connectivity index (χ4n) is 2.28. The van der Waals surface area contributed by atoms with E-state index < -0.39 is 6.04 Å². The van der Waals surface area contributed by atoms with E-state index >= 15 is 0 Å². The summed E-state index contributed by atoms with van der Waals surface area (Å²) in [6.07, 6.45) is 2.79. The van der Waals surface area contributed by atoms with Crippen LogP contribution in [0.15, 0.2) is 6.20 Å². The van der Waals surface area contributed by atoms with Gasteiger partial charge in [0.1, 0.15) is 17.6 Å². The van der Waals surface area contributed by atoms with Gasteiger partial charge < -0.3 is 10.2 Å². The molecular weight excluding hydrogens is 274 g/mol. The van der Waals surface area contributed by atoms with Gasteiger partial charge in [0.25, 0.3) is 0 Å². The van der Waals surface area contributed by atoms with Crippen LogP contribution in [0.5, 0.6) is 0 Å². The van der Waals surface area contributed by atoms with Crippen molar-refractivity contribution in [2.24, 2.45) is 5.92 Å². The molecular formula is C14H21N3O2S. The van der Waals surface area contributed by atoms with Crippen molar-refractivity contribution in [2.45, 2.75) is 46.2 Å². The first-order chi connectivity index (χ1) is 9.43. The Balaban J connectivity index is 2.21. The Morgan fingerprint density at radius 3 is 2.70 bits per heavy atom. The highest BCUT2D eigenvalue weighted by molar-refractivity contribution is 7.11. The van der Waals surface area contributed by atoms with Crippen LogP contribution < -0.4 is 5.32 Å². The molecule has 1 N–H and O–H groups in total. The number of aryl methyl sites for hydroxylation is 1. The summed E-state index contributed by atoms with van der Waals surface area (Å²) in [6, 6.07) is -0.579. The molecule has 2 atom stereocenters. The lowest BCUT2D eigenvalue weighted by Crippen LogP contribution is -2.60. The second-order valence-electron chi connectivity index (χ2n) is 5.45. The largest absolute Gasteiger partial charge is 0.343 e. The quantitative estimate of drug-likeness (QED) is 0.920. The average molecular weight is 295 g/mol. The zero-order chi connectivity index (χ0) is 14.9. The minimum Gasteiger partial charge on any atom is -0.343 e. The molecule has 0 aliphatic carbocycles. The predicted octanol–water partition coefficient (Wildman–Crippen LogP) is 1.75. The van der Waals surface area contributed by atoms with Crippen molar-refractivity contribution in [3.05, 3.63) is 16.1 Å². The van der Waals surface area contributed by atoms with E-state index in [9.17, 15) is 9.59 Å². The van der Waals surface area contributed by atoms with E-state index in [-0.39, 0.29) is 30.3 Å². The minimum absolute atomic E-state index is 0.0136. The van der Waals surface area contributed by atoms with E-state index in [1.165, 1.54) is 4.88 Å². The number of hydrogen-bond acceptors (Lipinski definition) is 4. The molecule has 1 aromatic heterocycles. The lowest BCUT2D eigenvalue weighted by molar-refractivity contribution is -0.147. The standard InChI is InChI=1S/C14H21N3O2S/c1-5-10-6-15-13(20-10)9(4)17-7-11(18)16-12(8(2)3)14(17)19/h6,8-9,12H,5,7H2,1-4H3,(H,16,18). The van der Waals surface area contributed by atoms with Crippen LogP contribution in [0, 0.1) is 5.92 Å². The first kappa shape index (κ1) is 15.0. The average Bonchev–Trinajstić information content (AvgIpc) is 2.88. The molecule has 2 amide bonds. The SMILES string of the molecule is CCc1cnc(C(C)N2CC(=O)NC(C(C)C)C2=O)s1. The van der Waals surface area contributed by atoms with Gasteiger partial charge in [-0.05, 0) is 19.3 Å². The molecule has 0 radical (unpaired) electrons. The van der Waals surface area contributed by atoms with Gasteiger partial charge in [-0.1, -0.05) is 20.8 Å². The number of piperazine rings is 1. The van der Waals surface area contributed by atoms with Gasteiger partial charge in [0.2, 0.25) is 11.8 Å². The molecule has 20 heavy (non-hydrogen) atoms. The molecule has 1 aromatic rings. The number of nitrogens with zero attached hydrogens (tertiary/aromatic N) is 2. The Bertz CT molecular complexity index is 512. The molecule has 1 aliphatic heterocycles. The van der Waals surface area contributed by atoms with Crippen molar-refractivity contribution in [2.75, 3.05) is 6.54 Å². The molecule has 1 aliphatic rings. The van der Waals surface area contributed by atoms with Crippen LogP contribution in [0.4, 0.5) is 0 Å². The van der Waals surface area contributed by atoms with Gasteiger partial charge in [-0.25, -0.2) is 4.98 Å². The number of amides is 2. The molecule has 0 spiro atoms. The number of nitrogens with one attached hydrogen (secondary N) is 1. The van der Waals surface area contributed by atoms with Crippen LogP contribution in [0.1, 0.15) is 43.6 Å². The van der Waals surface area contributed by atoms with Crippen molar-refractivity contribution in [3.63, 3.8) is 0 Å². The van der Waals surface area contributed by atoms with Gasteiger partial charge in [-0.2, -0.15) is 0 Å². The Morgan fingerprint density at radius 1 is 1.45 bits per heavy atom. The van der Waals surface area contributed by atoms with Gasteiger partial charge >= 0.3 is 0 Å². The number of rotatable bonds is 4. The van der Waals surface area contributed by atoms with E-state index in [1.54, 1.807) is 16.2 Å². The first-order valence-corrected chi connectivity index (χ1v) is 7.80. The first-order valence-electron chi connectivity index (χ1n) is 6.98. The van der Waals surface area contributed by atoms with E-state index in [4.69, 9.17) is 0 Å². The lowest BCUT2D eigenvalue weighted by Gasteiger charge is -2.37. The number of thiazole rings is 1. The Hall–Kier alpha value is -1.43. The molecule has 2 unspecified atom stereocenters. The normalized spacial score (nSPS) is 21.2. The Morgan fingerprint density at radius 2 is 2.15 bits per heavy atom. The van der Waals surface area contributed by atoms with Crippen LogP contribution in [0.3, 0.4) is 0 Å². The second kappa shape index (κ2) is 5.91. The van der Waals surface area contributed by atoms with E-state index in [0.29, 0.717) is 0 Å². The van der Waals surface area contributed by atoms with Crippen molar-refractivity contribution in [1.29, 1.82) is 0 Å². The van der Waals surface area contributed by atoms with Crippen molar-refractivity contribution < 1.29 is 9.59 Å². The van der Waals surface area contributed by atoms with Gasteiger partial charge in [-0.3, -0.25) is 9.59 Å². The number of carbonyl (C=O) groups excluding carboxylic acids is 2. The van der Waals surface area contributed by atoms with Gasteiger partial charge in [0.05, 0.1) is 6.04 Å². The Labute approximate surface area is 123 Å². The molecule has 2 rings (SSSR count). The summed E-state index contributed by atoms with van der Waals surface area (Å²) in [5.41, 5.74) is 0. The number of aromatic nitrogens is 1. The highest BCUT2D eigenvalue weighted by atomic mass is 32.1. The highest BCUT2D eigenvalue weighted by Gasteiger charge is 2.37. The third kappa shape index (κ3) is 2.85. The highest BCUT2D eigenvalue weighted by Crippen LogP contribution is 2.27. The summed E-state index contributed by atoms with van der Waals surface area (Å²) in [7, 11) is 0. The molecule has 1 saturated heterocycles. The summed E-state index contributed by atoms with van der Waals surface area (Å²) < 4.78 is 0. The van der Waals surface area contributed by atoms with E-state index in [0.717, 1.165) is 11.4 Å². The molecule has 6 heteroatoms. The minimum atomic E-state index is -0.427. The molecule has 0 saturated carbocycles. The monoisotopic (exact) mass is 295 g/mol. The molecule has 2 heterocycles. The van der Waals surface area contributed by atoms with Crippen molar-refractivity contribution >= 4 is 23.2 Å². The molecule has 110 valence electrons. The maximum absolute atomic E-state index is 12.5. The Kier molecular flexibility index (Phi) is 4.42. The third-order valence-corrected chi connectivity index (χ3v) is 4.90. The zero-order valence-corrected chi connectivity index (χ0v) is 13.2. The fourth-order valence-corrected chi connectivity index (χ4v) is 3.21. The van der Waals surface area contributed by atoms with E-state index in [1.807, 2.05) is 27.0 Å².